The molecule has 28 rings (SSSR count). The first-order valence-electron chi connectivity index (χ1n) is 40.9. The SMILES string of the molecule is CC1(C)c2cc3c(ccc4ccccc43)c3c2-c2c1cc1ccccc1[n+]2CO3.CC1(C)c2cc3c(ccc4ccccc43)c3c2-c2c1cc1ccccc1[n+]2CO3.CC1(C)c2cc3c(ccc4ccccc43)c3c2-c2c1ccc[n+]2CO3.CC1(C)c2cc3cc4ccccc4cc3c3c2-c2c1c1c(ccc4ccccc41)c[n+]2CO3. The monoisotopic (exact) mass is 1500 g/mol. The number of pyridine rings is 4. The van der Waals surface area contributed by atoms with Crippen molar-refractivity contribution in [1.29, 1.82) is 0 Å². The molecule has 116 heavy (non-hydrogen) atoms. The van der Waals surface area contributed by atoms with Gasteiger partial charge in [0.1, 0.15) is 23.0 Å². The van der Waals surface area contributed by atoms with Gasteiger partial charge < -0.3 is 18.9 Å². The van der Waals surface area contributed by atoms with Crippen LogP contribution < -0.4 is 37.2 Å². The zero-order valence-corrected chi connectivity index (χ0v) is 66.0. The zero-order chi connectivity index (χ0) is 77.3. The molecule has 0 saturated carbocycles. The smallest absolute Gasteiger partial charge is 0.293 e. The molecule has 0 amide bonds. The lowest BCUT2D eigenvalue weighted by molar-refractivity contribution is -0.717. The van der Waals surface area contributed by atoms with E-state index in [-0.39, 0.29) is 21.7 Å². The molecule has 16 aromatic carbocycles. The molecule has 0 spiro atoms. The Bertz CT molecular complexity index is 7750. The zero-order valence-electron chi connectivity index (χ0n) is 66.0. The highest BCUT2D eigenvalue weighted by molar-refractivity contribution is 6.18. The van der Waals surface area contributed by atoms with Crippen molar-refractivity contribution in [2.45, 2.75) is 104 Å². The molecule has 20 aromatic rings. The lowest BCUT2D eigenvalue weighted by atomic mass is 9.79. The number of ether oxygens (including phenoxy) is 4. The summed E-state index contributed by atoms with van der Waals surface area (Å²) in [7, 11) is 0. The van der Waals surface area contributed by atoms with E-state index in [2.05, 4.69) is 365 Å². The Morgan fingerprint density at radius 3 is 1.12 bits per heavy atom. The third kappa shape index (κ3) is 8.72. The summed E-state index contributed by atoms with van der Waals surface area (Å²) in [6.45, 7) is 21.0. The maximum absolute atomic E-state index is 6.52. The van der Waals surface area contributed by atoms with Gasteiger partial charge in [-0.3, -0.25) is 0 Å². The van der Waals surface area contributed by atoms with Gasteiger partial charge in [0.2, 0.25) is 33.8 Å². The summed E-state index contributed by atoms with van der Waals surface area (Å²) in [5.74, 6) is 4.19. The van der Waals surface area contributed by atoms with E-state index in [1.807, 2.05) is 0 Å². The van der Waals surface area contributed by atoms with Crippen LogP contribution in [0.3, 0.4) is 0 Å². The predicted octanol–water partition coefficient (Wildman–Crippen LogP) is 24.4. The molecule has 4 aliphatic heterocycles. The number of aromatic nitrogens is 4. The van der Waals surface area contributed by atoms with Crippen molar-refractivity contribution < 1.29 is 37.2 Å². The molecule has 8 heteroatoms. The van der Waals surface area contributed by atoms with Gasteiger partial charge in [0, 0.05) is 105 Å². The topological polar surface area (TPSA) is 52.4 Å². The Balaban J connectivity index is 0.0000000870. The van der Waals surface area contributed by atoms with Crippen LogP contribution in [0.15, 0.2) is 291 Å². The molecular formula is C108H80N4O4+4. The molecule has 0 atom stereocenters. The van der Waals surface area contributed by atoms with E-state index in [1.165, 1.54) is 219 Å². The van der Waals surface area contributed by atoms with Crippen LogP contribution in [-0.2, 0) is 48.6 Å². The third-order valence-electron chi connectivity index (χ3n) is 27.8. The molecule has 8 nitrogen and oxygen atoms in total. The molecule has 0 N–H and O–H groups in total. The number of rotatable bonds is 0. The minimum Gasteiger partial charge on any atom is -0.434 e. The number of nitrogens with zero attached hydrogens (tertiary/aromatic N) is 4. The van der Waals surface area contributed by atoms with Crippen molar-refractivity contribution in [3.05, 3.63) is 336 Å². The van der Waals surface area contributed by atoms with Gasteiger partial charge in [0.15, 0.2) is 12.4 Å². The van der Waals surface area contributed by atoms with E-state index >= 15 is 0 Å². The van der Waals surface area contributed by atoms with Gasteiger partial charge in [0.25, 0.3) is 26.9 Å². The molecular weight excluding hydrogens is 1420 g/mol. The number of hydrogen-bond donors (Lipinski definition) is 0. The summed E-state index contributed by atoms with van der Waals surface area (Å²) >= 11 is 0. The van der Waals surface area contributed by atoms with Crippen molar-refractivity contribution in [2.24, 2.45) is 0 Å². The predicted molar refractivity (Wildman–Crippen MR) is 469 cm³/mol. The fraction of sp³-hybridized carbons (Fsp3) is 0.148. The summed E-state index contributed by atoms with van der Waals surface area (Å²) in [6, 6.07) is 102. The van der Waals surface area contributed by atoms with E-state index in [0.29, 0.717) is 26.9 Å². The maximum Gasteiger partial charge on any atom is 0.293 e. The molecule has 8 heterocycles. The molecule has 552 valence electrons. The van der Waals surface area contributed by atoms with Crippen molar-refractivity contribution in [2.75, 3.05) is 0 Å². The molecule has 4 aliphatic carbocycles. The van der Waals surface area contributed by atoms with Gasteiger partial charge in [-0.25, -0.2) is 0 Å². The number of hydrogen-bond acceptors (Lipinski definition) is 4. The van der Waals surface area contributed by atoms with Gasteiger partial charge >= 0.3 is 0 Å². The fourth-order valence-electron chi connectivity index (χ4n) is 22.1. The first-order chi connectivity index (χ1) is 56.6. The van der Waals surface area contributed by atoms with E-state index in [9.17, 15) is 0 Å². The van der Waals surface area contributed by atoms with E-state index in [0.717, 1.165) is 23.0 Å². The van der Waals surface area contributed by atoms with Crippen molar-refractivity contribution in [3.8, 4) is 68.0 Å². The largest absolute Gasteiger partial charge is 0.434 e. The van der Waals surface area contributed by atoms with E-state index in [4.69, 9.17) is 18.9 Å². The minimum absolute atomic E-state index is 0.0126. The second kappa shape index (κ2) is 23.1. The summed E-state index contributed by atoms with van der Waals surface area (Å²) in [5.41, 5.74) is 23.8. The number of para-hydroxylation sites is 2. The summed E-state index contributed by atoms with van der Waals surface area (Å²) in [5, 5.41) is 28.0. The Morgan fingerprint density at radius 1 is 0.233 bits per heavy atom. The molecule has 0 unspecified atom stereocenters. The van der Waals surface area contributed by atoms with Crippen LogP contribution in [-0.4, -0.2) is 0 Å². The van der Waals surface area contributed by atoms with Crippen molar-refractivity contribution in [1.82, 2.24) is 0 Å². The molecule has 0 radical (unpaired) electrons. The standard InChI is InChI=1S/C31H22NO.2C27H20NO.C23H18NO/c1-31(2)25-15-22-13-19-8-3-4-9-20(19)14-24(22)30-27(25)29-28(31)26-21(16-32(29)17-33-30)12-11-18-7-5-6-10-23(18)26;2*1-27(2)21-14-20-18-9-5-3-7-16(18)11-12-19(20)26-24(21)25-22(27)13-17-8-4-6-10-23(17)28(25)15-29-26;1-23(2)18-8-5-11-24-13-25-22-16-10-9-14-6-3-4-7-15(14)17(16)12-19(23)20(22)21(18)24/h3-16H,17H2,1-2H3;2*3-14H,15H2,1-2H3;3-12H,13H2,1-2H3/q4*+1. The summed E-state index contributed by atoms with van der Waals surface area (Å²) < 4.78 is 35.1. The van der Waals surface area contributed by atoms with Crippen LogP contribution in [0.2, 0.25) is 0 Å². The molecule has 0 fully saturated rings. The first-order valence-corrected chi connectivity index (χ1v) is 40.9. The summed E-state index contributed by atoms with van der Waals surface area (Å²) in [4.78, 5) is 0. The average molecular weight is 1500 g/mol. The Hall–Kier alpha value is -13.6. The van der Waals surface area contributed by atoms with E-state index in [1.54, 1.807) is 0 Å². The normalized spacial score (nSPS) is 15.7. The van der Waals surface area contributed by atoms with E-state index < -0.39 is 0 Å². The van der Waals surface area contributed by atoms with Crippen LogP contribution in [0, 0.1) is 0 Å². The van der Waals surface area contributed by atoms with Gasteiger partial charge in [0.05, 0.1) is 22.3 Å². The van der Waals surface area contributed by atoms with Crippen LogP contribution >= 0.6 is 0 Å². The Kier molecular flexibility index (Phi) is 13.1. The highest BCUT2D eigenvalue weighted by Gasteiger charge is 2.52. The molecule has 0 bridgehead atoms. The van der Waals surface area contributed by atoms with Crippen LogP contribution in [0.4, 0.5) is 0 Å². The third-order valence-corrected chi connectivity index (χ3v) is 27.8. The van der Waals surface area contributed by atoms with Crippen LogP contribution in [0.5, 0.6) is 23.0 Å². The minimum atomic E-state index is -0.127. The van der Waals surface area contributed by atoms with Gasteiger partial charge in [-0.1, -0.05) is 225 Å². The van der Waals surface area contributed by atoms with Gasteiger partial charge in [-0.05, 0) is 189 Å². The summed E-state index contributed by atoms with van der Waals surface area (Å²) in [6.07, 6.45) is 4.40. The maximum atomic E-state index is 6.52. The highest BCUT2D eigenvalue weighted by Crippen LogP contribution is 2.61. The lowest BCUT2D eigenvalue weighted by Crippen LogP contribution is -2.42. The Labute approximate surface area is 670 Å². The van der Waals surface area contributed by atoms with Crippen LogP contribution in [0.25, 0.3) is 175 Å². The second-order valence-corrected chi connectivity index (χ2v) is 35.3. The highest BCUT2D eigenvalue weighted by atomic mass is 16.5. The lowest BCUT2D eigenvalue weighted by Gasteiger charge is -2.22. The quantitative estimate of drug-likeness (QED) is 0.0862. The molecule has 4 aromatic heterocycles. The van der Waals surface area contributed by atoms with Crippen LogP contribution in [0.1, 0.15) is 99.9 Å². The first kappa shape index (κ1) is 65.9. The molecule has 0 saturated heterocycles. The van der Waals surface area contributed by atoms with Crippen molar-refractivity contribution in [3.63, 3.8) is 0 Å². The molecule has 8 aliphatic rings. The number of benzene rings is 16. The second-order valence-electron chi connectivity index (χ2n) is 35.3. The number of fused-ring (bicyclic) bond motifs is 23. The fourth-order valence-corrected chi connectivity index (χ4v) is 22.1. The van der Waals surface area contributed by atoms with Gasteiger partial charge in [-0.15, -0.1) is 0 Å². The van der Waals surface area contributed by atoms with Crippen molar-refractivity contribution >= 4 is 130 Å². The Morgan fingerprint density at radius 2 is 0.603 bits per heavy atom. The van der Waals surface area contributed by atoms with Gasteiger partial charge in [-0.2, -0.15) is 18.3 Å². The average Bonchev–Trinajstić information content (AvgIpc) is 1.39.